The molecule has 4 aliphatic rings. The number of ether oxygens (including phenoxy) is 2. The van der Waals surface area contributed by atoms with Gasteiger partial charge in [-0.3, -0.25) is 10.1 Å². The Morgan fingerprint density at radius 1 is 1.12 bits per heavy atom. The summed E-state index contributed by atoms with van der Waals surface area (Å²) >= 11 is 0. The monoisotopic (exact) mass is 707 g/mol. The molecule has 1 aromatic heterocycles. The Hall–Kier alpha value is -3.51. The summed E-state index contributed by atoms with van der Waals surface area (Å²) in [6, 6.07) is 6.55. The number of aliphatic hydroxyl groups excluding tert-OH is 2. The van der Waals surface area contributed by atoms with E-state index in [1.165, 1.54) is 13.2 Å². The number of rotatable bonds is 10. The number of allylic oxidation sites excluding steroid dienone is 1. The molecule has 0 aliphatic heterocycles. The molecule has 6 unspecified atom stereocenters. The van der Waals surface area contributed by atoms with Crippen molar-refractivity contribution in [1.82, 2.24) is 0 Å². The minimum Gasteiger partial charge on any atom is -0.497 e. The van der Waals surface area contributed by atoms with Crippen LogP contribution in [0.15, 0.2) is 57.8 Å². The third-order valence-electron chi connectivity index (χ3n) is 13.8. The van der Waals surface area contributed by atoms with Crippen LogP contribution in [0.2, 0.25) is 0 Å². The van der Waals surface area contributed by atoms with Crippen LogP contribution in [-0.2, 0) is 9.53 Å². The number of carbonyl (C=O) groups excluding carboxylic acids is 2. The molecule has 0 radical (unpaired) electrons. The molecule has 2 aromatic rings. The Kier molecular flexibility index (Phi) is 9.62. The highest BCUT2D eigenvalue weighted by Crippen LogP contribution is 2.70. The van der Waals surface area contributed by atoms with E-state index in [0.29, 0.717) is 67.2 Å². The van der Waals surface area contributed by atoms with Crippen molar-refractivity contribution in [2.75, 3.05) is 19.0 Å². The Balaban J connectivity index is 1.08. The molecular weight excluding hydrogens is 654 g/mol. The van der Waals surface area contributed by atoms with E-state index >= 15 is 0 Å². The Morgan fingerprint density at radius 2 is 1.84 bits per heavy atom. The maximum absolute atomic E-state index is 13.8. The lowest BCUT2D eigenvalue weighted by atomic mass is 9.41. The third-order valence-corrected chi connectivity index (χ3v) is 13.8. The van der Waals surface area contributed by atoms with Crippen molar-refractivity contribution in [3.05, 3.63) is 59.0 Å². The predicted molar refractivity (Wildman–Crippen MR) is 191 cm³/mol. The van der Waals surface area contributed by atoms with Gasteiger partial charge < -0.3 is 34.3 Å². The van der Waals surface area contributed by atoms with Crippen molar-refractivity contribution in [1.29, 1.82) is 0 Å². The van der Waals surface area contributed by atoms with Gasteiger partial charge in [-0.05, 0) is 111 Å². The largest absolute Gasteiger partial charge is 0.497 e. The fourth-order valence-corrected chi connectivity index (χ4v) is 10.4. The molecule has 278 valence electrons. The predicted octanol–water partition coefficient (Wildman–Crippen LogP) is 5.67. The van der Waals surface area contributed by atoms with Crippen molar-refractivity contribution in [2.24, 2.45) is 34.0 Å². The van der Waals surface area contributed by atoms with Gasteiger partial charge in [-0.25, -0.2) is 9.59 Å². The molecule has 0 saturated heterocycles. The molecule has 11 nitrogen and oxygen atoms in total. The van der Waals surface area contributed by atoms with Gasteiger partial charge in [0.25, 0.3) is 0 Å². The minimum absolute atomic E-state index is 0.0352. The standard InChI is InChI=1S/C40H53NO10/c1-7-39(47,14-8-9-23(2)22-50-35(46)41-28-17-24-10-11-25(49-6)18-31(24)51-34(28)45)32-13-16-40(48)27-19-33(44)38(5)21-30(43)29(42)20-37(38,4)26(27)12-15-36(32,40)3/h7,10-11,17-19,23,26,29-30,32,42-43,47-48H,1,8-9,12-16,20-22H2,2-6H3,(H,41,46)/t23?,26?,29-,30?,32?,36?,37?,38-,39-,40+/m0/s1. The van der Waals surface area contributed by atoms with Crippen LogP contribution < -0.4 is 15.7 Å². The number of aliphatic hydroxyl groups is 4. The van der Waals surface area contributed by atoms with E-state index in [-0.39, 0.29) is 48.7 Å². The number of fused-ring (bicyclic) bond motifs is 6. The molecule has 6 rings (SSSR count). The zero-order valence-corrected chi connectivity index (χ0v) is 30.4. The fourth-order valence-electron chi connectivity index (χ4n) is 10.4. The van der Waals surface area contributed by atoms with Gasteiger partial charge in [-0.15, -0.1) is 6.58 Å². The van der Waals surface area contributed by atoms with E-state index in [1.54, 1.807) is 30.4 Å². The quantitative estimate of drug-likeness (QED) is 0.153. The SMILES string of the molecule is C=C[C@](O)(CCCC(C)COC(=O)Nc1cc2ccc(OC)cc2oc1=O)C1CC[C@@]2(O)C3=CC(=O)[C@]4(C)CC(O)[C@@H](O)CC4(C)C3CCC12C. The van der Waals surface area contributed by atoms with Crippen LogP contribution in [0.3, 0.4) is 0 Å². The molecule has 1 amide bonds. The summed E-state index contributed by atoms with van der Waals surface area (Å²) in [5.74, 6) is -0.0626. The summed E-state index contributed by atoms with van der Waals surface area (Å²) < 4.78 is 15.9. The number of anilines is 1. The van der Waals surface area contributed by atoms with Crippen LogP contribution in [0.25, 0.3) is 11.0 Å². The smallest absolute Gasteiger partial charge is 0.411 e. The summed E-state index contributed by atoms with van der Waals surface area (Å²) in [6.45, 7) is 12.0. The van der Waals surface area contributed by atoms with Crippen molar-refractivity contribution in [3.63, 3.8) is 0 Å². The van der Waals surface area contributed by atoms with E-state index in [2.05, 4.69) is 11.9 Å². The van der Waals surface area contributed by atoms with Crippen molar-refractivity contribution < 1.29 is 43.9 Å². The summed E-state index contributed by atoms with van der Waals surface area (Å²) in [4.78, 5) is 38.8. The topological polar surface area (TPSA) is 176 Å². The number of hydrogen-bond donors (Lipinski definition) is 5. The molecule has 11 heteroatoms. The molecular formula is C40H53NO10. The van der Waals surface area contributed by atoms with Crippen LogP contribution in [0, 0.1) is 34.0 Å². The van der Waals surface area contributed by atoms with E-state index in [1.807, 2.05) is 27.7 Å². The first-order valence-corrected chi connectivity index (χ1v) is 18.2. The first-order chi connectivity index (χ1) is 23.9. The normalized spacial score (nSPS) is 36.2. The van der Waals surface area contributed by atoms with E-state index < -0.39 is 51.4 Å². The van der Waals surface area contributed by atoms with E-state index in [0.717, 1.165) is 0 Å². The highest BCUT2D eigenvalue weighted by Gasteiger charge is 2.70. The highest BCUT2D eigenvalue weighted by molar-refractivity contribution is 5.98. The van der Waals surface area contributed by atoms with Gasteiger partial charge in [-0.1, -0.05) is 33.8 Å². The van der Waals surface area contributed by atoms with Gasteiger partial charge in [-0.2, -0.15) is 0 Å². The van der Waals surface area contributed by atoms with Crippen LogP contribution in [0.1, 0.15) is 85.5 Å². The summed E-state index contributed by atoms with van der Waals surface area (Å²) in [5.41, 5.74) is -4.46. The lowest BCUT2D eigenvalue weighted by molar-refractivity contribution is -0.179. The summed E-state index contributed by atoms with van der Waals surface area (Å²) in [7, 11) is 1.51. The van der Waals surface area contributed by atoms with Gasteiger partial charge >= 0.3 is 11.7 Å². The fraction of sp³-hybridized carbons (Fsp3) is 0.625. The van der Waals surface area contributed by atoms with E-state index in [9.17, 15) is 34.8 Å². The average Bonchev–Trinajstić information content (AvgIpc) is 3.37. The lowest BCUT2D eigenvalue weighted by Crippen LogP contribution is -2.65. The van der Waals surface area contributed by atoms with Gasteiger partial charge in [0.1, 0.15) is 17.0 Å². The first kappa shape index (κ1) is 37.3. The number of methoxy groups -OCH3 is 1. The molecule has 51 heavy (non-hydrogen) atoms. The second kappa shape index (κ2) is 13.2. The Bertz CT molecular complexity index is 1800. The lowest BCUT2D eigenvalue weighted by Gasteiger charge is -2.63. The molecule has 0 bridgehead atoms. The molecule has 5 N–H and O–H groups in total. The summed E-state index contributed by atoms with van der Waals surface area (Å²) in [6.07, 6.45) is 4.96. The minimum atomic E-state index is -1.30. The number of carbonyl (C=O) groups is 2. The second-order valence-electron chi connectivity index (χ2n) is 16.5. The number of hydrogen-bond acceptors (Lipinski definition) is 10. The number of benzene rings is 1. The van der Waals surface area contributed by atoms with Crippen molar-refractivity contribution in [2.45, 2.75) is 109 Å². The van der Waals surface area contributed by atoms with Gasteiger partial charge in [0.05, 0.1) is 37.1 Å². The zero-order valence-electron chi connectivity index (χ0n) is 30.4. The van der Waals surface area contributed by atoms with Crippen LogP contribution in [0.5, 0.6) is 5.75 Å². The van der Waals surface area contributed by atoms with Gasteiger partial charge in [0.2, 0.25) is 0 Å². The van der Waals surface area contributed by atoms with Crippen LogP contribution in [0.4, 0.5) is 10.5 Å². The number of nitrogens with one attached hydrogen (secondary N) is 1. The molecule has 10 atom stereocenters. The molecule has 3 fully saturated rings. The molecule has 1 aromatic carbocycles. The second-order valence-corrected chi connectivity index (χ2v) is 16.5. The zero-order chi connectivity index (χ0) is 37.1. The highest BCUT2D eigenvalue weighted by atomic mass is 16.5. The van der Waals surface area contributed by atoms with Crippen LogP contribution in [-0.4, -0.2) is 69.4 Å². The number of ketones is 1. The molecule has 3 saturated carbocycles. The van der Waals surface area contributed by atoms with Crippen LogP contribution >= 0.6 is 0 Å². The van der Waals surface area contributed by atoms with E-state index in [4.69, 9.17) is 13.9 Å². The number of amides is 1. The van der Waals surface area contributed by atoms with Gasteiger partial charge in [0, 0.05) is 22.3 Å². The average molecular weight is 708 g/mol. The summed E-state index contributed by atoms with van der Waals surface area (Å²) in [5, 5.41) is 49.0. The maximum atomic E-state index is 13.8. The van der Waals surface area contributed by atoms with Crippen molar-refractivity contribution >= 4 is 28.5 Å². The van der Waals surface area contributed by atoms with Gasteiger partial charge in [0.15, 0.2) is 5.78 Å². The first-order valence-electron chi connectivity index (χ1n) is 18.2. The Labute approximate surface area is 298 Å². The molecule has 4 aliphatic carbocycles. The Morgan fingerprint density at radius 3 is 2.55 bits per heavy atom. The molecule has 1 heterocycles. The maximum Gasteiger partial charge on any atom is 0.411 e. The van der Waals surface area contributed by atoms with Crippen molar-refractivity contribution in [3.8, 4) is 5.75 Å². The third kappa shape index (κ3) is 5.94. The molecule has 0 spiro atoms.